The van der Waals surface area contributed by atoms with Crippen molar-refractivity contribution in [1.82, 2.24) is 9.80 Å². The molecule has 122 valence electrons. The average molecular weight is 304 g/mol. The number of nitrogens with zero attached hydrogens (tertiary/aromatic N) is 2. The molecule has 1 aromatic rings. The molecule has 0 aliphatic carbocycles. The smallest absolute Gasteiger partial charge is 0.0952 e. The number of ether oxygens (including phenoxy) is 2. The summed E-state index contributed by atoms with van der Waals surface area (Å²) >= 11 is 0. The Morgan fingerprint density at radius 1 is 1.09 bits per heavy atom. The maximum Gasteiger partial charge on any atom is 0.0952 e. The van der Waals surface area contributed by atoms with Gasteiger partial charge in [-0.05, 0) is 18.9 Å². The van der Waals surface area contributed by atoms with Crippen LogP contribution >= 0.6 is 0 Å². The second-order valence-electron chi connectivity index (χ2n) is 6.38. The summed E-state index contributed by atoms with van der Waals surface area (Å²) in [6.07, 6.45) is 1.37. The molecule has 4 nitrogen and oxygen atoms in total. The quantitative estimate of drug-likeness (QED) is 0.851. The Morgan fingerprint density at radius 3 is 2.82 bits per heavy atom. The van der Waals surface area contributed by atoms with Crippen molar-refractivity contribution in [3.8, 4) is 0 Å². The second-order valence-corrected chi connectivity index (χ2v) is 6.38. The predicted octanol–water partition coefficient (Wildman–Crippen LogP) is 2.17. The van der Waals surface area contributed by atoms with Crippen LogP contribution in [0.5, 0.6) is 0 Å². The number of hydrogen-bond donors (Lipinski definition) is 0. The number of rotatable bonds is 4. The van der Waals surface area contributed by atoms with Crippen molar-refractivity contribution in [2.45, 2.75) is 25.5 Å². The zero-order valence-electron chi connectivity index (χ0n) is 13.6. The van der Waals surface area contributed by atoms with Crippen molar-refractivity contribution in [1.29, 1.82) is 0 Å². The van der Waals surface area contributed by atoms with Crippen LogP contribution in [-0.2, 0) is 9.47 Å². The standard InChI is InChI=1S/C18H28N2O2/c1-16-15-22-18(17-6-3-2-4-7-17)14-20(16)10-9-19-8-5-12-21-13-11-19/h2-4,6-7,16,18H,5,8-15H2,1H3/t16-,18+/m1/s1. The molecule has 2 saturated heterocycles. The highest BCUT2D eigenvalue weighted by molar-refractivity contribution is 5.18. The minimum atomic E-state index is 0.213. The highest BCUT2D eigenvalue weighted by Gasteiger charge is 2.27. The molecule has 22 heavy (non-hydrogen) atoms. The van der Waals surface area contributed by atoms with Gasteiger partial charge in [-0.2, -0.15) is 0 Å². The molecule has 0 saturated carbocycles. The first-order valence-corrected chi connectivity index (χ1v) is 8.53. The predicted molar refractivity (Wildman–Crippen MR) is 88.0 cm³/mol. The lowest BCUT2D eigenvalue weighted by molar-refractivity contribution is -0.0619. The summed E-state index contributed by atoms with van der Waals surface area (Å²) in [5.74, 6) is 0. The second kappa shape index (κ2) is 8.06. The van der Waals surface area contributed by atoms with Crippen LogP contribution in [-0.4, -0.2) is 68.4 Å². The van der Waals surface area contributed by atoms with Gasteiger partial charge in [-0.25, -0.2) is 0 Å². The van der Waals surface area contributed by atoms with Gasteiger partial charge in [0.15, 0.2) is 0 Å². The first-order valence-electron chi connectivity index (χ1n) is 8.53. The molecule has 2 fully saturated rings. The van der Waals surface area contributed by atoms with E-state index in [1.54, 1.807) is 0 Å². The van der Waals surface area contributed by atoms with Crippen molar-refractivity contribution >= 4 is 0 Å². The lowest BCUT2D eigenvalue weighted by atomic mass is 10.1. The van der Waals surface area contributed by atoms with Crippen LogP contribution in [0.4, 0.5) is 0 Å². The normalized spacial score (nSPS) is 28.4. The van der Waals surface area contributed by atoms with Gasteiger partial charge in [0.1, 0.15) is 0 Å². The maximum atomic E-state index is 6.04. The summed E-state index contributed by atoms with van der Waals surface area (Å²) in [6, 6.07) is 11.1. The lowest BCUT2D eigenvalue weighted by Crippen LogP contribution is -2.48. The molecule has 0 amide bonds. The summed E-state index contributed by atoms with van der Waals surface area (Å²) in [4.78, 5) is 5.11. The van der Waals surface area contributed by atoms with Gasteiger partial charge in [0.05, 0.1) is 19.3 Å². The van der Waals surface area contributed by atoms with Crippen molar-refractivity contribution in [3.63, 3.8) is 0 Å². The Kier molecular flexibility index (Phi) is 5.84. The van der Waals surface area contributed by atoms with Crippen LogP contribution in [0.15, 0.2) is 30.3 Å². The molecule has 0 N–H and O–H groups in total. The minimum Gasteiger partial charge on any atom is -0.380 e. The van der Waals surface area contributed by atoms with E-state index >= 15 is 0 Å². The van der Waals surface area contributed by atoms with E-state index in [4.69, 9.17) is 9.47 Å². The molecule has 2 aliphatic rings. The topological polar surface area (TPSA) is 24.9 Å². The van der Waals surface area contributed by atoms with E-state index < -0.39 is 0 Å². The van der Waals surface area contributed by atoms with Gasteiger partial charge in [-0.3, -0.25) is 9.80 Å². The van der Waals surface area contributed by atoms with Gasteiger partial charge in [-0.15, -0.1) is 0 Å². The molecule has 3 rings (SSSR count). The number of hydrogen-bond acceptors (Lipinski definition) is 4. The summed E-state index contributed by atoms with van der Waals surface area (Å²) < 4.78 is 11.6. The van der Waals surface area contributed by atoms with Gasteiger partial charge in [0.25, 0.3) is 0 Å². The first-order chi connectivity index (χ1) is 10.8. The fourth-order valence-electron chi connectivity index (χ4n) is 3.28. The third-order valence-electron chi connectivity index (χ3n) is 4.75. The molecule has 0 aromatic heterocycles. The van der Waals surface area contributed by atoms with Crippen molar-refractivity contribution < 1.29 is 9.47 Å². The first kappa shape index (κ1) is 15.9. The van der Waals surface area contributed by atoms with Gasteiger partial charge >= 0.3 is 0 Å². The van der Waals surface area contributed by atoms with Crippen LogP contribution in [0.2, 0.25) is 0 Å². The van der Waals surface area contributed by atoms with Crippen LogP contribution in [0.25, 0.3) is 0 Å². The van der Waals surface area contributed by atoms with Gasteiger partial charge in [-0.1, -0.05) is 30.3 Å². The molecule has 2 aliphatic heterocycles. The third-order valence-corrected chi connectivity index (χ3v) is 4.75. The third kappa shape index (κ3) is 4.29. The van der Waals surface area contributed by atoms with Crippen molar-refractivity contribution in [3.05, 3.63) is 35.9 Å². The summed E-state index contributed by atoms with van der Waals surface area (Å²) in [5.41, 5.74) is 1.29. The summed E-state index contributed by atoms with van der Waals surface area (Å²) in [5, 5.41) is 0. The Bertz CT molecular complexity index is 432. The van der Waals surface area contributed by atoms with Gasteiger partial charge in [0.2, 0.25) is 0 Å². The Labute approximate surface area is 134 Å². The van der Waals surface area contributed by atoms with Crippen molar-refractivity contribution in [2.24, 2.45) is 0 Å². The fraction of sp³-hybridized carbons (Fsp3) is 0.667. The lowest BCUT2D eigenvalue weighted by Gasteiger charge is -2.39. The van der Waals surface area contributed by atoms with Crippen LogP contribution in [0.3, 0.4) is 0 Å². The van der Waals surface area contributed by atoms with Gasteiger partial charge in [0, 0.05) is 45.4 Å². The fourth-order valence-corrected chi connectivity index (χ4v) is 3.28. The van der Waals surface area contributed by atoms with E-state index in [9.17, 15) is 0 Å². The average Bonchev–Trinajstić information content (AvgIpc) is 2.84. The number of benzene rings is 1. The highest BCUT2D eigenvalue weighted by Crippen LogP contribution is 2.24. The Morgan fingerprint density at radius 2 is 1.95 bits per heavy atom. The molecule has 0 unspecified atom stereocenters. The van der Waals surface area contributed by atoms with E-state index in [0.717, 1.165) is 52.4 Å². The van der Waals surface area contributed by atoms with Crippen LogP contribution in [0.1, 0.15) is 25.0 Å². The molecule has 2 atom stereocenters. The molecule has 0 bridgehead atoms. The maximum absolute atomic E-state index is 6.04. The monoisotopic (exact) mass is 304 g/mol. The van der Waals surface area contributed by atoms with E-state index in [1.165, 1.54) is 12.1 Å². The summed E-state index contributed by atoms with van der Waals surface area (Å²) in [6.45, 7) is 10.4. The van der Waals surface area contributed by atoms with E-state index in [-0.39, 0.29) is 6.10 Å². The van der Waals surface area contributed by atoms with E-state index in [1.807, 2.05) is 0 Å². The molecule has 1 aromatic carbocycles. The van der Waals surface area contributed by atoms with E-state index in [0.29, 0.717) is 6.04 Å². The Balaban J connectivity index is 1.53. The minimum absolute atomic E-state index is 0.213. The molecular formula is C18H28N2O2. The van der Waals surface area contributed by atoms with Gasteiger partial charge < -0.3 is 9.47 Å². The SMILES string of the molecule is C[C@@H]1CO[C@H](c2ccccc2)CN1CCN1CCCOCC1. The molecule has 0 spiro atoms. The molecular weight excluding hydrogens is 276 g/mol. The van der Waals surface area contributed by atoms with E-state index in [2.05, 4.69) is 47.1 Å². The van der Waals surface area contributed by atoms with Crippen molar-refractivity contribution in [2.75, 3.05) is 52.5 Å². The van der Waals surface area contributed by atoms with Crippen LogP contribution < -0.4 is 0 Å². The highest BCUT2D eigenvalue weighted by atomic mass is 16.5. The zero-order chi connectivity index (χ0) is 15.2. The largest absolute Gasteiger partial charge is 0.380 e. The molecule has 4 heteroatoms. The summed E-state index contributed by atoms with van der Waals surface area (Å²) in [7, 11) is 0. The Hall–Kier alpha value is -0.940. The zero-order valence-corrected chi connectivity index (χ0v) is 13.6. The molecule has 0 radical (unpaired) electrons. The number of morpholine rings is 1. The molecule has 2 heterocycles. The van der Waals surface area contributed by atoms with Crippen LogP contribution in [0, 0.1) is 0 Å².